The Morgan fingerprint density at radius 3 is 1.05 bits per heavy atom. The molecule has 0 amide bonds. The Hall–Kier alpha value is -6.20. The molecule has 0 saturated carbocycles. The largest absolute Gasteiger partial charge is 0.546 e. The molecule has 16 nitrogen and oxygen atoms in total. The fraction of sp³-hybridized carbons (Fsp3) is 0.333. The minimum Gasteiger partial charge on any atom is -0.546 e. The smallest absolute Gasteiger partial charge is 0.338 e. The van der Waals surface area contributed by atoms with Crippen molar-refractivity contribution in [1.82, 2.24) is 0 Å². The molecule has 0 fully saturated rings. The fourth-order valence-corrected chi connectivity index (χ4v) is 4.81. The Balaban J connectivity index is 0.000000316. The Morgan fingerprint density at radius 2 is 0.810 bits per heavy atom. The van der Waals surface area contributed by atoms with Crippen LogP contribution < -0.4 is 20.8 Å². The maximum atomic E-state index is 12.0. The number of hydrogen-bond acceptors (Lipinski definition) is 14. The highest BCUT2D eigenvalue weighted by atomic mass is 16.6. The summed E-state index contributed by atoms with van der Waals surface area (Å²) in [7, 11) is 0. The van der Waals surface area contributed by atoms with Crippen molar-refractivity contribution >= 4 is 23.9 Å². The van der Waals surface area contributed by atoms with E-state index in [1.165, 1.54) is 84.9 Å². The molecular formula is C42H52N2O14. The van der Waals surface area contributed by atoms with Gasteiger partial charge in [0.15, 0.2) is 12.2 Å². The van der Waals surface area contributed by atoms with E-state index < -0.39 is 48.3 Å². The van der Waals surface area contributed by atoms with Crippen LogP contribution >= 0.6 is 0 Å². The number of benzene rings is 4. The van der Waals surface area contributed by atoms with Gasteiger partial charge in [-0.15, -0.1) is 0 Å². The third-order valence-corrected chi connectivity index (χ3v) is 7.75. The Kier molecular flexibility index (Phi) is 18.1. The number of aromatic hydroxyl groups is 4. The van der Waals surface area contributed by atoms with Gasteiger partial charge >= 0.3 is 11.9 Å². The minimum absolute atomic E-state index is 0.0229. The highest BCUT2D eigenvalue weighted by Gasteiger charge is 2.32. The Bertz CT molecular complexity index is 1760. The van der Waals surface area contributed by atoms with Gasteiger partial charge in [0, 0.05) is 12.1 Å². The van der Waals surface area contributed by atoms with Crippen LogP contribution in [0.2, 0.25) is 0 Å². The van der Waals surface area contributed by atoms with E-state index in [9.17, 15) is 60.0 Å². The first-order chi connectivity index (χ1) is 27.0. The van der Waals surface area contributed by atoms with Crippen molar-refractivity contribution in [2.45, 2.75) is 77.0 Å². The van der Waals surface area contributed by atoms with E-state index >= 15 is 0 Å². The number of carboxylic acids is 2. The van der Waals surface area contributed by atoms with Crippen molar-refractivity contribution in [2.75, 3.05) is 13.1 Å². The van der Waals surface area contributed by atoms with Crippen LogP contribution in [-0.2, 0) is 19.1 Å². The van der Waals surface area contributed by atoms with Crippen molar-refractivity contribution in [1.29, 1.82) is 0 Å². The molecule has 314 valence electrons. The summed E-state index contributed by atoms with van der Waals surface area (Å²) < 4.78 is 9.32. The molecule has 16 heteroatoms. The van der Waals surface area contributed by atoms with Gasteiger partial charge in [0.25, 0.3) is 0 Å². The molecule has 0 bridgehead atoms. The number of carbonyl (C=O) groups excluding carboxylic acids is 4. The van der Waals surface area contributed by atoms with Crippen LogP contribution in [0, 0.1) is 0 Å². The van der Waals surface area contributed by atoms with Gasteiger partial charge in [-0.05, 0) is 101 Å². The van der Waals surface area contributed by atoms with Gasteiger partial charge in [0.2, 0.25) is 0 Å². The zero-order valence-electron chi connectivity index (χ0n) is 33.1. The van der Waals surface area contributed by atoms with E-state index in [4.69, 9.17) is 0 Å². The summed E-state index contributed by atoms with van der Waals surface area (Å²) in [5, 5.41) is 83.5. The molecule has 4 rings (SSSR count). The van der Waals surface area contributed by atoms with E-state index in [1.807, 2.05) is 10.6 Å². The molecule has 0 aliphatic rings. The van der Waals surface area contributed by atoms with Gasteiger partial charge in [-0.1, -0.05) is 36.4 Å². The van der Waals surface area contributed by atoms with Crippen molar-refractivity contribution in [3.05, 3.63) is 119 Å². The summed E-state index contributed by atoms with van der Waals surface area (Å²) in [6, 6.07) is 22.8. The number of aliphatic hydroxyl groups excluding tert-OH is 2. The van der Waals surface area contributed by atoms with E-state index in [0.717, 1.165) is 0 Å². The molecule has 4 aromatic rings. The van der Waals surface area contributed by atoms with E-state index in [0.29, 0.717) is 24.2 Å². The summed E-state index contributed by atoms with van der Waals surface area (Å²) >= 11 is 0. The van der Waals surface area contributed by atoms with Crippen LogP contribution in [0.1, 0.15) is 85.6 Å². The van der Waals surface area contributed by atoms with Gasteiger partial charge in [-0.3, -0.25) is 0 Å². The summed E-state index contributed by atoms with van der Waals surface area (Å²) in [5.41, 5.74) is 1.09. The first kappa shape index (κ1) is 48.0. The number of carboxylic acid groups (broad SMARTS) is 2. The number of phenolic OH excluding ortho intramolecular Hbond substituents is 4. The second-order valence-corrected chi connectivity index (χ2v) is 15.2. The van der Waals surface area contributed by atoms with Crippen molar-refractivity contribution < 1.29 is 80.1 Å². The van der Waals surface area contributed by atoms with Crippen molar-refractivity contribution in [3.63, 3.8) is 0 Å². The Morgan fingerprint density at radius 1 is 0.534 bits per heavy atom. The number of aliphatic carboxylic acids is 2. The van der Waals surface area contributed by atoms with Crippen LogP contribution in [0.15, 0.2) is 97.1 Å². The number of ether oxygens (including phenoxy) is 2. The van der Waals surface area contributed by atoms with E-state index in [2.05, 4.69) is 51.0 Å². The van der Waals surface area contributed by atoms with E-state index in [1.54, 1.807) is 12.1 Å². The minimum atomic E-state index is -2.39. The number of esters is 2. The molecule has 0 saturated heterocycles. The maximum absolute atomic E-state index is 12.0. The molecule has 0 heterocycles. The molecular weight excluding hydrogens is 756 g/mol. The second-order valence-electron chi connectivity index (χ2n) is 15.2. The predicted octanol–water partition coefficient (Wildman–Crippen LogP) is -0.0764. The zero-order valence-corrected chi connectivity index (χ0v) is 33.1. The topological polar surface area (TPSA) is 287 Å². The fourth-order valence-electron chi connectivity index (χ4n) is 4.81. The quantitative estimate of drug-likeness (QED) is 0.0821. The normalized spacial score (nSPS) is 13.2. The van der Waals surface area contributed by atoms with Crippen LogP contribution in [0.5, 0.6) is 23.0 Å². The van der Waals surface area contributed by atoms with Crippen LogP contribution in [-0.4, -0.2) is 90.9 Å². The molecule has 4 aromatic carbocycles. The lowest BCUT2D eigenvalue weighted by Crippen LogP contribution is -2.95. The monoisotopic (exact) mass is 808 g/mol. The second kappa shape index (κ2) is 21.9. The molecule has 0 spiro atoms. The third-order valence-electron chi connectivity index (χ3n) is 7.75. The van der Waals surface area contributed by atoms with Gasteiger partial charge in [0.05, 0.1) is 34.1 Å². The summed E-state index contributed by atoms with van der Waals surface area (Å²) in [5.74, 6) is -6.50. The number of nitrogens with two attached hydrogens (primary N) is 2. The average Bonchev–Trinajstić information content (AvgIpc) is 3.13. The predicted molar refractivity (Wildman–Crippen MR) is 204 cm³/mol. The maximum Gasteiger partial charge on any atom is 0.338 e. The number of quaternary nitrogens is 2. The number of rotatable bonds is 13. The molecule has 4 atom stereocenters. The molecule has 10 N–H and O–H groups in total. The number of aliphatic hydroxyl groups is 2. The van der Waals surface area contributed by atoms with Crippen LogP contribution in [0.4, 0.5) is 0 Å². The molecule has 0 radical (unpaired) electrons. The molecule has 0 aliphatic carbocycles. The Labute approximate surface area is 336 Å². The summed E-state index contributed by atoms with van der Waals surface area (Å²) in [4.78, 5) is 46.5. The number of phenols is 4. The lowest BCUT2D eigenvalue weighted by atomic mass is 10.1. The molecule has 0 unspecified atom stereocenters. The van der Waals surface area contributed by atoms with Crippen molar-refractivity contribution in [3.8, 4) is 23.0 Å². The van der Waals surface area contributed by atoms with Gasteiger partial charge in [-0.2, -0.15) is 0 Å². The standard InChI is InChI=1S/C18H14O8.2C12H19NO3/c19-15(20)13(25-17(23)11-7-3-1-4-8-11)14(16(21)22)26-18(24)12-9-5-2-6-10-12;2*1-12(2,3)13-7-11(16)8-4-9(14)6-10(15)5-8/h1-10,13-14H,(H,19,20)(H,21,22);2*4-6,11,13-16H,7H2,1-3H3/t13-,14-;2*11-/m011/s1. The van der Waals surface area contributed by atoms with Gasteiger partial charge < -0.3 is 70.5 Å². The highest BCUT2D eigenvalue weighted by Crippen LogP contribution is 2.25. The molecule has 58 heavy (non-hydrogen) atoms. The third kappa shape index (κ3) is 17.7. The van der Waals surface area contributed by atoms with Gasteiger partial charge in [0.1, 0.15) is 48.3 Å². The molecule has 0 aromatic heterocycles. The highest BCUT2D eigenvalue weighted by molar-refractivity contribution is 5.94. The zero-order chi connectivity index (χ0) is 43.8. The van der Waals surface area contributed by atoms with Gasteiger partial charge in [-0.25, -0.2) is 9.59 Å². The number of hydrogen-bond donors (Lipinski definition) is 8. The first-order valence-corrected chi connectivity index (χ1v) is 18.0. The van der Waals surface area contributed by atoms with Crippen LogP contribution in [0.3, 0.4) is 0 Å². The number of carbonyl (C=O) groups is 4. The summed E-state index contributed by atoms with van der Waals surface area (Å²) in [6.07, 6.45) is -6.17. The van der Waals surface area contributed by atoms with Crippen LogP contribution in [0.25, 0.3) is 0 Å². The first-order valence-electron chi connectivity index (χ1n) is 18.0. The van der Waals surface area contributed by atoms with E-state index in [-0.39, 0.29) is 45.2 Å². The lowest BCUT2D eigenvalue weighted by Gasteiger charge is -2.28. The average molecular weight is 809 g/mol. The lowest BCUT2D eigenvalue weighted by molar-refractivity contribution is -0.723. The SMILES string of the molecule is CC(C)(C)[NH2+]C[C@@H](O)c1cc(O)cc(O)c1.CC(C)(C)[NH2+]C[C@@H](O)c1cc(O)cc(O)c1.O=C(O[C@H](C(=O)[O-])[C@H](OC(=O)c1ccccc1)C(=O)[O-])c1ccccc1. The van der Waals surface area contributed by atoms with Crippen molar-refractivity contribution in [2.24, 2.45) is 0 Å². The summed E-state index contributed by atoms with van der Waals surface area (Å²) in [6.45, 7) is 13.3. The molecule has 0 aliphatic heterocycles.